The number of hydrogen-bond donors (Lipinski definition) is 1. The van der Waals surface area contributed by atoms with Gasteiger partial charge < -0.3 is 14.6 Å². The Hall–Kier alpha value is -1.69. The highest BCUT2D eigenvalue weighted by atomic mass is 19.1. The fourth-order valence-corrected chi connectivity index (χ4v) is 1.37. The Morgan fingerprint density at radius 2 is 1.84 bits per heavy atom. The van der Waals surface area contributed by atoms with Crippen LogP contribution in [0.5, 0.6) is 5.75 Å². The third kappa shape index (κ3) is 4.82. The third-order valence-corrected chi connectivity index (χ3v) is 2.36. The maximum absolute atomic E-state index is 13.4. The average molecular weight is 274 g/mol. The van der Waals surface area contributed by atoms with Gasteiger partial charge in [0, 0.05) is 6.61 Å². The van der Waals surface area contributed by atoms with E-state index in [1.807, 2.05) is 6.92 Å². The molecule has 0 aromatic heterocycles. The predicted octanol–water partition coefficient (Wildman–Crippen LogP) is 2.86. The Morgan fingerprint density at radius 1 is 1.21 bits per heavy atom. The van der Waals surface area contributed by atoms with E-state index in [0.29, 0.717) is 6.61 Å². The normalized spacial score (nSPS) is 10.5. The van der Waals surface area contributed by atoms with Gasteiger partial charge in [-0.2, -0.15) is 0 Å². The van der Waals surface area contributed by atoms with Crippen LogP contribution in [0.3, 0.4) is 0 Å². The topological polar surface area (TPSA) is 55.8 Å². The van der Waals surface area contributed by atoms with Gasteiger partial charge in [-0.3, -0.25) is 0 Å². The molecule has 1 N–H and O–H groups in total. The molecule has 106 valence electrons. The highest BCUT2D eigenvalue weighted by Crippen LogP contribution is 2.23. The van der Waals surface area contributed by atoms with E-state index in [2.05, 4.69) is 0 Å². The Bertz CT molecular complexity index is 412. The summed E-state index contributed by atoms with van der Waals surface area (Å²) >= 11 is 0. The molecule has 0 amide bonds. The first-order valence-corrected chi connectivity index (χ1v) is 5.99. The first-order chi connectivity index (χ1) is 9.06. The molecule has 0 spiro atoms. The first-order valence-electron chi connectivity index (χ1n) is 5.99. The van der Waals surface area contributed by atoms with Gasteiger partial charge in [-0.25, -0.2) is 13.6 Å². The lowest BCUT2D eigenvalue weighted by Gasteiger charge is -2.09. The van der Waals surface area contributed by atoms with Crippen LogP contribution in [0.2, 0.25) is 0 Å². The average Bonchev–Trinajstić information content (AvgIpc) is 2.35. The van der Waals surface area contributed by atoms with E-state index in [1.54, 1.807) is 0 Å². The molecule has 1 aromatic carbocycles. The highest BCUT2D eigenvalue weighted by molar-refractivity contribution is 5.87. The van der Waals surface area contributed by atoms with Gasteiger partial charge in [0.15, 0.2) is 17.4 Å². The van der Waals surface area contributed by atoms with Crippen molar-refractivity contribution in [2.24, 2.45) is 0 Å². The molecule has 0 unspecified atom stereocenters. The number of hydrogen-bond acceptors (Lipinski definition) is 3. The Balaban J connectivity index is 2.52. The molecule has 0 aliphatic heterocycles. The summed E-state index contributed by atoms with van der Waals surface area (Å²) in [6.45, 7) is 2.82. The van der Waals surface area contributed by atoms with Crippen LogP contribution < -0.4 is 4.74 Å². The van der Waals surface area contributed by atoms with Crippen LogP contribution in [-0.4, -0.2) is 30.9 Å². The number of carboxylic acids is 1. The molecule has 1 rings (SSSR count). The van der Waals surface area contributed by atoms with Gasteiger partial charge in [-0.1, -0.05) is 13.3 Å². The second-order valence-corrected chi connectivity index (χ2v) is 3.89. The largest absolute Gasteiger partial charge is 0.485 e. The quantitative estimate of drug-likeness (QED) is 0.741. The second-order valence-electron chi connectivity index (χ2n) is 3.89. The molecule has 0 fully saturated rings. The maximum atomic E-state index is 13.4. The number of carbonyl (C=O) groups is 1. The van der Waals surface area contributed by atoms with Gasteiger partial charge >= 0.3 is 5.97 Å². The first kappa shape index (κ1) is 15.4. The number of halogens is 2. The summed E-state index contributed by atoms with van der Waals surface area (Å²) in [7, 11) is 0. The van der Waals surface area contributed by atoms with E-state index >= 15 is 0 Å². The van der Waals surface area contributed by atoms with E-state index in [1.165, 1.54) is 0 Å². The minimum absolute atomic E-state index is 0.00394. The zero-order valence-electron chi connectivity index (χ0n) is 10.6. The van der Waals surface area contributed by atoms with Crippen molar-refractivity contribution in [2.45, 2.75) is 19.8 Å². The number of rotatable bonds is 8. The molecule has 0 aliphatic carbocycles. The Morgan fingerprint density at radius 3 is 2.37 bits per heavy atom. The van der Waals surface area contributed by atoms with Crippen molar-refractivity contribution >= 4 is 5.97 Å². The Labute approximate surface area is 109 Å². The SMILES string of the molecule is CCCCOCCOc1c(F)cc(C(=O)O)cc1F. The van der Waals surface area contributed by atoms with Crippen LogP contribution in [0, 0.1) is 11.6 Å². The van der Waals surface area contributed by atoms with E-state index in [4.69, 9.17) is 14.6 Å². The number of unbranched alkanes of at least 4 members (excludes halogenated alkanes) is 1. The molecule has 6 heteroatoms. The van der Waals surface area contributed by atoms with Crippen LogP contribution in [0.4, 0.5) is 8.78 Å². The monoisotopic (exact) mass is 274 g/mol. The second kappa shape index (κ2) is 7.68. The van der Waals surface area contributed by atoms with Gasteiger partial charge in [0.2, 0.25) is 0 Å². The molecule has 1 aromatic rings. The molecule has 0 aliphatic rings. The van der Waals surface area contributed by atoms with E-state index in [9.17, 15) is 13.6 Å². The van der Waals surface area contributed by atoms with Gasteiger partial charge in [-0.15, -0.1) is 0 Å². The summed E-state index contributed by atoms with van der Waals surface area (Å²) in [6, 6.07) is 1.44. The van der Waals surface area contributed by atoms with Crippen LogP contribution in [0.25, 0.3) is 0 Å². The lowest BCUT2D eigenvalue weighted by molar-refractivity contribution is 0.0695. The van der Waals surface area contributed by atoms with Crippen molar-refractivity contribution in [3.05, 3.63) is 29.3 Å². The van der Waals surface area contributed by atoms with Gasteiger partial charge in [0.1, 0.15) is 6.61 Å². The van der Waals surface area contributed by atoms with Gasteiger partial charge in [-0.05, 0) is 18.6 Å². The van der Waals surface area contributed by atoms with Gasteiger partial charge in [0.05, 0.1) is 12.2 Å². The van der Waals surface area contributed by atoms with E-state index < -0.39 is 28.9 Å². The lowest BCUT2D eigenvalue weighted by Crippen LogP contribution is -2.10. The summed E-state index contributed by atoms with van der Waals surface area (Å²) in [4.78, 5) is 10.6. The molecule has 0 saturated carbocycles. The summed E-state index contributed by atoms with van der Waals surface area (Å²) in [6.07, 6.45) is 1.91. The molecule has 0 saturated heterocycles. The smallest absolute Gasteiger partial charge is 0.335 e. The number of benzene rings is 1. The summed E-state index contributed by atoms with van der Waals surface area (Å²) in [5.74, 6) is -4.05. The number of aromatic carboxylic acids is 1. The van der Waals surface area contributed by atoms with Gasteiger partial charge in [0.25, 0.3) is 0 Å². The fraction of sp³-hybridized carbons (Fsp3) is 0.462. The van der Waals surface area contributed by atoms with Crippen molar-refractivity contribution in [1.29, 1.82) is 0 Å². The fourth-order valence-electron chi connectivity index (χ4n) is 1.37. The molecular weight excluding hydrogens is 258 g/mol. The molecule has 0 radical (unpaired) electrons. The summed E-state index contributed by atoms with van der Waals surface area (Å²) in [5.41, 5.74) is -0.457. The van der Waals surface area contributed by atoms with Crippen LogP contribution >= 0.6 is 0 Å². The minimum atomic E-state index is -1.40. The van der Waals surface area contributed by atoms with E-state index in [-0.39, 0.29) is 13.2 Å². The molecule has 4 nitrogen and oxygen atoms in total. The third-order valence-electron chi connectivity index (χ3n) is 2.36. The molecule has 0 bridgehead atoms. The summed E-state index contributed by atoms with van der Waals surface area (Å²) < 4.78 is 37.0. The molecule has 0 heterocycles. The number of carboxylic acid groups (broad SMARTS) is 1. The zero-order chi connectivity index (χ0) is 14.3. The minimum Gasteiger partial charge on any atom is -0.485 e. The van der Waals surface area contributed by atoms with Crippen LogP contribution in [0.1, 0.15) is 30.1 Å². The van der Waals surface area contributed by atoms with Crippen LogP contribution in [0.15, 0.2) is 12.1 Å². The van der Waals surface area contributed by atoms with Crippen molar-refractivity contribution in [1.82, 2.24) is 0 Å². The number of ether oxygens (including phenoxy) is 2. The van der Waals surface area contributed by atoms with Crippen molar-refractivity contribution in [2.75, 3.05) is 19.8 Å². The predicted molar refractivity (Wildman–Crippen MR) is 64.5 cm³/mol. The zero-order valence-corrected chi connectivity index (χ0v) is 10.6. The van der Waals surface area contributed by atoms with E-state index in [0.717, 1.165) is 25.0 Å². The molecule has 0 atom stereocenters. The highest BCUT2D eigenvalue weighted by Gasteiger charge is 2.15. The van der Waals surface area contributed by atoms with Crippen molar-refractivity contribution in [3.8, 4) is 5.75 Å². The molecule has 19 heavy (non-hydrogen) atoms. The van der Waals surface area contributed by atoms with Crippen molar-refractivity contribution in [3.63, 3.8) is 0 Å². The maximum Gasteiger partial charge on any atom is 0.335 e. The molecular formula is C13H16F2O4. The van der Waals surface area contributed by atoms with Crippen molar-refractivity contribution < 1.29 is 28.2 Å². The standard InChI is InChI=1S/C13H16F2O4/c1-2-3-4-18-5-6-19-12-10(14)7-9(13(16)17)8-11(12)15/h7-8H,2-6H2,1H3,(H,16,17). The Kier molecular flexibility index (Phi) is 6.21. The van der Waals surface area contributed by atoms with Crippen LogP contribution in [-0.2, 0) is 4.74 Å². The summed E-state index contributed by atoms with van der Waals surface area (Å²) in [5, 5.41) is 8.63. The lowest BCUT2D eigenvalue weighted by atomic mass is 10.2.